The Morgan fingerprint density at radius 3 is 2.43 bits per heavy atom. The molecule has 0 aromatic heterocycles. The highest BCUT2D eigenvalue weighted by Gasteiger charge is 2.49. The largest absolute Gasteiger partial charge is 0.333 e. The average Bonchev–Trinajstić information content (AvgIpc) is 2.84. The third-order valence-electron chi connectivity index (χ3n) is 5.21. The summed E-state index contributed by atoms with van der Waals surface area (Å²) in [6.45, 7) is 4.83. The second-order valence-corrected chi connectivity index (χ2v) is 9.57. The van der Waals surface area contributed by atoms with E-state index < -0.39 is 12.2 Å². The summed E-state index contributed by atoms with van der Waals surface area (Å²) in [6.07, 6.45) is 9.17. The van der Waals surface area contributed by atoms with Crippen molar-refractivity contribution in [2.45, 2.75) is 45.4 Å². The molecule has 0 saturated carbocycles. The van der Waals surface area contributed by atoms with Crippen LogP contribution in [0.5, 0.6) is 0 Å². The van der Waals surface area contributed by atoms with Crippen molar-refractivity contribution in [1.29, 1.82) is 0 Å². The summed E-state index contributed by atoms with van der Waals surface area (Å²) in [5.74, 6) is 2.84. The Morgan fingerprint density at radius 1 is 1.23 bits per heavy atom. The number of thioether (sulfide) groups is 1. The average molecular weight is 545 g/mol. The molecule has 194 valence electrons. The standard InChI is InChI=1S/C20H22Cl2N4O3S.C3H8.CH5N/c1-3-7-24-12-19(28)26-17(6-8-30-2)20(29)23(11-18(26)25(24)13-27)10-14-4-5-15(21)16(22)9-14;1-3-2;1-2/h1,4-5,9,13,17-18H,6-8,10-12H2,2H3;3H2,1-2H3;2H2,1H3/t17-,18?;;/m0../s1. The van der Waals surface area contributed by atoms with Crippen molar-refractivity contribution in [3.8, 4) is 12.3 Å². The number of halogens is 2. The van der Waals surface area contributed by atoms with Gasteiger partial charge in [0.05, 0.1) is 29.7 Å². The fourth-order valence-corrected chi connectivity index (χ4v) is 4.62. The molecule has 2 heterocycles. The Hall–Kier alpha value is -1.96. The second kappa shape index (κ2) is 15.9. The van der Waals surface area contributed by atoms with Gasteiger partial charge in [-0.15, -0.1) is 6.42 Å². The summed E-state index contributed by atoms with van der Waals surface area (Å²) in [7, 11) is 1.50. The van der Waals surface area contributed by atoms with Crippen LogP contribution in [0.1, 0.15) is 32.3 Å². The maximum atomic E-state index is 13.3. The molecule has 2 atom stereocenters. The maximum Gasteiger partial charge on any atom is 0.245 e. The van der Waals surface area contributed by atoms with Gasteiger partial charge in [-0.25, -0.2) is 0 Å². The minimum Gasteiger partial charge on any atom is -0.333 e. The number of terminal acetylenes is 1. The van der Waals surface area contributed by atoms with Crippen LogP contribution in [-0.4, -0.2) is 88.9 Å². The molecule has 2 aliphatic rings. The van der Waals surface area contributed by atoms with E-state index in [1.165, 1.54) is 23.5 Å². The summed E-state index contributed by atoms with van der Waals surface area (Å²) in [4.78, 5) is 41.3. The number of hydrazine groups is 1. The van der Waals surface area contributed by atoms with Crippen molar-refractivity contribution in [3.05, 3.63) is 33.8 Å². The van der Waals surface area contributed by atoms with Crippen molar-refractivity contribution in [1.82, 2.24) is 19.8 Å². The van der Waals surface area contributed by atoms with E-state index in [2.05, 4.69) is 25.5 Å². The molecule has 1 unspecified atom stereocenters. The van der Waals surface area contributed by atoms with E-state index in [0.717, 1.165) is 5.56 Å². The number of carbonyl (C=O) groups excluding carboxylic acids is 3. The van der Waals surface area contributed by atoms with E-state index in [0.29, 0.717) is 35.2 Å². The van der Waals surface area contributed by atoms with Gasteiger partial charge in [0, 0.05) is 6.54 Å². The highest BCUT2D eigenvalue weighted by atomic mass is 35.5. The Kier molecular flexibility index (Phi) is 14.1. The zero-order chi connectivity index (χ0) is 26.5. The smallest absolute Gasteiger partial charge is 0.245 e. The van der Waals surface area contributed by atoms with Gasteiger partial charge < -0.3 is 15.5 Å². The van der Waals surface area contributed by atoms with Gasteiger partial charge in [0.2, 0.25) is 18.2 Å². The minimum atomic E-state index is -0.637. The fraction of sp³-hybridized carbons (Fsp3) is 0.542. The molecule has 2 saturated heterocycles. The van der Waals surface area contributed by atoms with Crippen LogP contribution < -0.4 is 5.73 Å². The molecule has 0 radical (unpaired) electrons. The summed E-state index contributed by atoms with van der Waals surface area (Å²) in [5, 5.41) is 3.81. The number of carbonyl (C=O) groups is 3. The Morgan fingerprint density at radius 2 is 1.89 bits per heavy atom. The molecule has 2 fully saturated rings. The first kappa shape index (κ1) is 31.1. The molecule has 0 aliphatic carbocycles. The number of hydrogen-bond acceptors (Lipinski definition) is 6. The number of piperazine rings is 1. The number of hydrogen-bond donors (Lipinski definition) is 1. The summed E-state index contributed by atoms with van der Waals surface area (Å²) >= 11 is 13.7. The van der Waals surface area contributed by atoms with E-state index in [1.54, 1.807) is 39.8 Å². The van der Waals surface area contributed by atoms with Crippen LogP contribution in [0.3, 0.4) is 0 Å². The van der Waals surface area contributed by atoms with Gasteiger partial charge in [0.1, 0.15) is 12.2 Å². The lowest BCUT2D eigenvalue weighted by Gasteiger charge is -2.54. The van der Waals surface area contributed by atoms with Crippen LogP contribution in [-0.2, 0) is 20.9 Å². The highest BCUT2D eigenvalue weighted by molar-refractivity contribution is 7.98. The van der Waals surface area contributed by atoms with Gasteiger partial charge in [-0.3, -0.25) is 19.4 Å². The van der Waals surface area contributed by atoms with E-state index in [-0.39, 0.29) is 31.4 Å². The molecular formula is C24H35Cl2N5O3S. The Bertz CT molecular complexity index is 898. The van der Waals surface area contributed by atoms with Crippen LogP contribution in [0.4, 0.5) is 0 Å². The van der Waals surface area contributed by atoms with Crippen LogP contribution >= 0.6 is 35.0 Å². The first-order valence-corrected chi connectivity index (χ1v) is 13.5. The fourth-order valence-electron chi connectivity index (χ4n) is 3.84. The zero-order valence-electron chi connectivity index (χ0n) is 20.7. The molecule has 0 spiro atoms. The monoisotopic (exact) mass is 543 g/mol. The molecular weight excluding hydrogens is 509 g/mol. The molecule has 2 N–H and O–H groups in total. The summed E-state index contributed by atoms with van der Waals surface area (Å²) in [5.41, 5.74) is 5.31. The molecule has 1 aromatic rings. The number of nitrogens with zero attached hydrogens (tertiary/aromatic N) is 4. The normalized spacial score (nSPS) is 19.7. The number of fused-ring (bicyclic) bond motifs is 1. The van der Waals surface area contributed by atoms with Crippen LogP contribution in [0.25, 0.3) is 0 Å². The van der Waals surface area contributed by atoms with E-state index in [4.69, 9.17) is 29.6 Å². The Labute approximate surface area is 223 Å². The number of amides is 3. The lowest BCUT2D eigenvalue weighted by molar-refractivity contribution is -0.198. The van der Waals surface area contributed by atoms with Crippen LogP contribution in [0.2, 0.25) is 10.0 Å². The number of benzene rings is 1. The first-order valence-electron chi connectivity index (χ1n) is 11.3. The third-order valence-corrected chi connectivity index (χ3v) is 6.59. The Balaban J connectivity index is 0.00000114. The van der Waals surface area contributed by atoms with Gasteiger partial charge in [0.25, 0.3) is 0 Å². The lowest BCUT2D eigenvalue weighted by Crippen LogP contribution is -2.74. The van der Waals surface area contributed by atoms with Gasteiger partial charge in [-0.2, -0.15) is 16.8 Å². The van der Waals surface area contributed by atoms with Crippen LogP contribution in [0, 0.1) is 12.3 Å². The molecule has 11 heteroatoms. The maximum absolute atomic E-state index is 13.3. The zero-order valence-corrected chi connectivity index (χ0v) is 23.1. The van der Waals surface area contributed by atoms with Crippen molar-refractivity contribution < 1.29 is 14.4 Å². The summed E-state index contributed by atoms with van der Waals surface area (Å²) in [6, 6.07) is 4.57. The third kappa shape index (κ3) is 8.02. The van der Waals surface area contributed by atoms with E-state index >= 15 is 0 Å². The molecule has 2 aliphatic heterocycles. The lowest BCUT2D eigenvalue weighted by atomic mass is 10.0. The molecule has 1 aromatic carbocycles. The second-order valence-electron chi connectivity index (χ2n) is 7.77. The number of nitrogens with two attached hydrogens (primary N) is 1. The van der Waals surface area contributed by atoms with Gasteiger partial charge in [-0.05, 0) is 43.2 Å². The van der Waals surface area contributed by atoms with Gasteiger partial charge in [-0.1, -0.05) is 55.5 Å². The SMILES string of the molecule is C#CCN1CC(=O)N2C(CN(Cc3ccc(Cl)c(Cl)c3)C(=O)[C@@H]2CCSC)N1C=O.CCC.CN. The van der Waals surface area contributed by atoms with E-state index in [9.17, 15) is 14.4 Å². The molecule has 3 amide bonds. The molecule has 35 heavy (non-hydrogen) atoms. The topological polar surface area (TPSA) is 90.2 Å². The molecule has 8 nitrogen and oxygen atoms in total. The van der Waals surface area contributed by atoms with Crippen molar-refractivity contribution >= 4 is 53.2 Å². The highest BCUT2D eigenvalue weighted by Crippen LogP contribution is 2.29. The van der Waals surface area contributed by atoms with Crippen molar-refractivity contribution in [2.24, 2.45) is 5.73 Å². The van der Waals surface area contributed by atoms with Crippen molar-refractivity contribution in [2.75, 3.05) is 38.7 Å². The van der Waals surface area contributed by atoms with Crippen molar-refractivity contribution in [3.63, 3.8) is 0 Å². The summed E-state index contributed by atoms with van der Waals surface area (Å²) < 4.78 is 0. The van der Waals surface area contributed by atoms with E-state index in [1.807, 2.05) is 6.26 Å². The first-order chi connectivity index (χ1) is 16.8. The minimum absolute atomic E-state index is 0.0325. The number of rotatable bonds is 7. The predicted molar refractivity (Wildman–Crippen MR) is 144 cm³/mol. The van der Waals surface area contributed by atoms with Gasteiger partial charge in [0.15, 0.2) is 0 Å². The molecule has 0 bridgehead atoms. The van der Waals surface area contributed by atoms with Crippen LogP contribution in [0.15, 0.2) is 18.2 Å². The van der Waals surface area contributed by atoms with Gasteiger partial charge >= 0.3 is 0 Å². The quantitative estimate of drug-likeness (QED) is 0.420. The predicted octanol–water partition coefficient (Wildman–Crippen LogP) is 2.93. The molecule has 3 rings (SSSR count).